The van der Waals surface area contributed by atoms with E-state index < -0.39 is 0 Å². The van der Waals surface area contributed by atoms with E-state index in [0.717, 1.165) is 37.2 Å². The maximum Gasteiger partial charge on any atom is 0.119 e. The van der Waals surface area contributed by atoms with Crippen LogP contribution in [0.15, 0.2) is 60.7 Å². The molecule has 3 rings (SSSR count). The van der Waals surface area contributed by atoms with Crippen molar-refractivity contribution in [2.75, 3.05) is 26.4 Å². The van der Waals surface area contributed by atoms with Gasteiger partial charge >= 0.3 is 0 Å². The lowest BCUT2D eigenvalue weighted by Gasteiger charge is -2.28. The van der Waals surface area contributed by atoms with Gasteiger partial charge in [-0.05, 0) is 49.9 Å². The second-order valence-corrected chi connectivity index (χ2v) is 6.46. The van der Waals surface area contributed by atoms with Crippen LogP contribution in [0.25, 0.3) is 0 Å². The molecule has 0 bridgehead atoms. The maximum absolute atomic E-state index is 5.93. The largest absolute Gasteiger partial charge is 0.491 e. The monoisotopic (exact) mass is 356 g/mol. The summed E-state index contributed by atoms with van der Waals surface area (Å²) in [6.07, 6.45) is 4.86. The highest BCUT2D eigenvalue weighted by Gasteiger charge is 2.22. The highest BCUT2D eigenvalue weighted by Crippen LogP contribution is 2.23. The highest BCUT2D eigenvalue weighted by molar-refractivity contribution is 5.21. The van der Waals surface area contributed by atoms with E-state index in [4.69, 9.17) is 18.9 Å². The number of para-hydroxylation sites is 2. The van der Waals surface area contributed by atoms with Crippen molar-refractivity contribution in [3.05, 3.63) is 60.7 Å². The van der Waals surface area contributed by atoms with E-state index in [2.05, 4.69) is 0 Å². The van der Waals surface area contributed by atoms with Crippen LogP contribution in [-0.2, 0) is 9.47 Å². The molecule has 1 saturated carbocycles. The van der Waals surface area contributed by atoms with Crippen LogP contribution in [0, 0.1) is 0 Å². The zero-order valence-electron chi connectivity index (χ0n) is 15.2. The second kappa shape index (κ2) is 10.8. The predicted molar refractivity (Wildman–Crippen MR) is 102 cm³/mol. The average molecular weight is 356 g/mol. The normalized spacial score (nSPS) is 19.8. The van der Waals surface area contributed by atoms with E-state index in [1.165, 1.54) is 0 Å². The highest BCUT2D eigenvalue weighted by atomic mass is 16.5. The summed E-state index contributed by atoms with van der Waals surface area (Å²) in [5, 5.41) is 0. The number of benzene rings is 2. The molecule has 0 saturated heterocycles. The molecule has 0 unspecified atom stereocenters. The van der Waals surface area contributed by atoms with Crippen molar-refractivity contribution in [1.29, 1.82) is 0 Å². The van der Waals surface area contributed by atoms with Gasteiger partial charge in [0.2, 0.25) is 0 Å². The van der Waals surface area contributed by atoms with Crippen molar-refractivity contribution < 1.29 is 18.9 Å². The third-order valence-electron chi connectivity index (χ3n) is 4.52. The Morgan fingerprint density at radius 1 is 0.538 bits per heavy atom. The van der Waals surface area contributed by atoms with Gasteiger partial charge in [-0.3, -0.25) is 0 Å². The quantitative estimate of drug-likeness (QED) is 0.588. The molecule has 1 aliphatic rings. The molecule has 140 valence electrons. The number of ether oxygens (including phenoxy) is 4. The van der Waals surface area contributed by atoms with Gasteiger partial charge in [-0.2, -0.15) is 0 Å². The summed E-state index contributed by atoms with van der Waals surface area (Å²) >= 11 is 0. The molecule has 0 aliphatic heterocycles. The Labute approximate surface area is 156 Å². The van der Waals surface area contributed by atoms with Gasteiger partial charge in [0.15, 0.2) is 0 Å². The lowest BCUT2D eigenvalue weighted by molar-refractivity contribution is -0.0414. The minimum absolute atomic E-state index is 0.329. The molecule has 0 heterocycles. The van der Waals surface area contributed by atoms with Crippen LogP contribution in [0.1, 0.15) is 25.7 Å². The lowest BCUT2D eigenvalue weighted by atomic mass is 9.95. The van der Waals surface area contributed by atoms with Crippen molar-refractivity contribution in [3.63, 3.8) is 0 Å². The van der Waals surface area contributed by atoms with Crippen molar-refractivity contribution in [1.82, 2.24) is 0 Å². The molecule has 26 heavy (non-hydrogen) atoms. The molecule has 4 heteroatoms. The maximum atomic E-state index is 5.93. The third-order valence-corrected chi connectivity index (χ3v) is 4.52. The van der Waals surface area contributed by atoms with Crippen LogP contribution < -0.4 is 9.47 Å². The summed E-state index contributed by atoms with van der Waals surface area (Å²) < 4.78 is 23.2. The summed E-state index contributed by atoms with van der Waals surface area (Å²) in [5.41, 5.74) is 0. The summed E-state index contributed by atoms with van der Waals surface area (Å²) in [7, 11) is 0. The standard InChI is InChI=1S/C22H28O4/c1-3-7-19(8-4-1)23-15-17-25-21-11-13-22(14-12-21)26-18-16-24-20-9-5-2-6-10-20/h1-10,21-22H,11-18H2. The average Bonchev–Trinajstić information content (AvgIpc) is 2.71. The van der Waals surface area contributed by atoms with Crippen LogP contribution in [0.3, 0.4) is 0 Å². The second-order valence-electron chi connectivity index (χ2n) is 6.46. The Kier molecular flexibility index (Phi) is 7.81. The molecular formula is C22H28O4. The first kappa shape index (κ1) is 18.7. The predicted octanol–water partition coefficient (Wildman–Crippen LogP) is 4.49. The van der Waals surface area contributed by atoms with Gasteiger partial charge in [-0.25, -0.2) is 0 Å². The van der Waals surface area contributed by atoms with Crippen LogP contribution in [0.2, 0.25) is 0 Å². The molecule has 1 aliphatic carbocycles. The van der Waals surface area contributed by atoms with Crippen LogP contribution in [0.4, 0.5) is 0 Å². The van der Waals surface area contributed by atoms with E-state index in [9.17, 15) is 0 Å². The minimum Gasteiger partial charge on any atom is -0.491 e. The summed E-state index contributed by atoms with van der Waals surface area (Å²) in [6, 6.07) is 19.7. The van der Waals surface area contributed by atoms with Crippen molar-refractivity contribution in [2.45, 2.75) is 37.9 Å². The topological polar surface area (TPSA) is 36.9 Å². The van der Waals surface area contributed by atoms with Crippen molar-refractivity contribution in [2.24, 2.45) is 0 Å². The van der Waals surface area contributed by atoms with E-state index in [1.807, 2.05) is 60.7 Å². The fourth-order valence-electron chi connectivity index (χ4n) is 3.15. The van der Waals surface area contributed by atoms with Gasteiger partial charge in [0, 0.05) is 0 Å². The van der Waals surface area contributed by atoms with Gasteiger partial charge in [0.05, 0.1) is 25.4 Å². The number of rotatable bonds is 10. The van der Waals surface area contributed by atoms with Crippen LogP contribution >= 0.6 is 0 Å². The molecule has 0 atom stereocenters. The molecular weight excluding hydrogens is 328 g/mol. The fourth-order valence-corrected chi connectivity index (χ4v) is 3.15. The Hall–Kier alpha value is -2.04. The Balaban J connectivity index is 1.20. The number of hydrogen-bond acceptors (Lipinski definition) is 4. The van der Waals surface area contributed by atoms with Crippen LogP contribution in [-0.4, -0.2) is 38.6 Å². The molecule has 1 fully saturated rings. The SMILES string of the molecule is c1ccc(OCCOC2CCC(OCCOc3ccccc3)CC2)cc1. The summed E-state index contributed by atoms with van der Waals surface area (Å²) in [6.45, 7) is 2.46. The summed E-state index contributed by atoms with van der Waals surface area (Å²) in [5.74, 6) is 1.79. The van der Waals surface area contributed by atoms with Gasteiger partial charge in [-0.1, -0.05) is 36.4 Å². The Morgan fingerprint density at radius 3 is 1.31 bits per heavy atom. The van der Waals surface area contributed by atoms with Gasteiger partial charge < -0.3 is 18.9 Å². The van der Waals surface area contributed by atoms with Crippen molar-refractivity contribution >= 4 is 0 Å². The van der Waals surface area contributed by atoms with E-state index >= 15 is 0 Å². The van der Waals surface area contributed by atoms with E-state index in [-0.39, 0.29) is 0 Å². The first-order valence-corrected chi connectivity index (χ1v) is 9.49. The molecule has 0 N–H and O–H groups in total. The van der Waals surface area contributed by atoms with E-state index in [1.54, 1.807) is 0 Å². The zero-order chi connectivity index (χ0) is 17.9. The Bertz CT molecular complexity index is 539. The summed E-state index contributed by atoms with van der Waals surface area (Å²) in [4.78, 5) is 0. The molecule has 0 aromatic heterocycles. The zero-order valence-corrected chi connectivity index (χ0v) is 15.2. The molecule has 2 aromatic rings. The Morgan fingerprint density at radius 2 is 0.923 bits per heavy atom. The lowest BCUT2D eigenvalue weighted by Crippen LogP contribution is -2.28. The number of hydrogen-bond donors (Lipinski definition) is 0. The molecule has 0 amide bonds. The molecule has 0 spiro atoms. The minimum atomic E-state index is 0.329. The van der Waals surface area contributed by atoms with Gasteiger partial charge in [0.25, 0.3) is 0 Å². The molecule has 0 radical (unpaired) electrons. The molecule has 2 aromatic carbocycles. The van der Waals surface area contributed by atoms with Gasteiger partial charge in [0.1, 0.15) is 24.7 Å². The molecule has 4 nitrogen and oxygen atoms in total. The third kappa shape index (κ3) is 6.70. The van der Waals surface area contributed by atoms with Gasteiger partial charge in [-0.15, -0.1) is 0 Å². The fraction of sp³-hybridized carbons (Fsp3) is 0.455. The first-order valence-electron chi connectivity index (χ1n) is 9.49. The van der Waals surface area contributed by atoms with Crippen LogP contribution in [0.5, 0.6) is 11.5 Å². The first-order chi connectivity index (χ1) is 12.9. The smallest absolute Gasteiger partial charge is 0.119 e. The van der Waals surface area contributed by atoms with Crippen molar-refractivity contribution in [3.8, 4) is 11.5 Å². The van der Waals surface area contributed by atoms with E-state index in [0.29, 0.717) is 38.6 Å².